The van der Waals surface area contributed by atoms with Gasteiger partial charge >= 0.3 is 12.1 Å². The molecule has 27 heavy (non-hydrogen) atoms. The van der Waals surface area contributed by atoms with Crippen LogP contribution in [-0.2, 0) is 16.1 Å². The molecule has 2 aromatic carbocycles. The van der Waals surface area contributed by atoms with Crippen molar-refractivity contribution in [3.63, 3.8) is 0 Å². The highest BCUT2D eigenvalue weighted by Crippen LogP contribution is 2.29. The molecule has 0 radical (unpaired) electrons. The molecule has 0 aliphatic carbocycles. The number of aliphatic hydroxyl groups is 1. The number of esters is 1. The van der Waals surface area contributed by atoms with E-state index in [0.717, 1.165) is 11.1 Å². The molecular weight excluding hydrogens is 346 g/mol. The van der Waals surface area contributed by atoms with Crippen molar-refractivity contribution in [1.82, 2.24) is 4.90 Å². The Kier molecular flexibility index (Phi) is 6.08. The third-order valence-corrected chi connectivity index (χ3v) is 4.81. The van der Waals surface area contributed by atoms with Crippen molar-refractivity contribution >= 4 is 12.1 Å². The van der Waals surface area contributed by atoms with Gasteiger partial charge in [-0.3, -0.25) is 0 Å². The first kappa shape index (κ1) is 18.9. The van der Waals surface area contributed by atoms with E-state index in [1.807, 2.05) is 42.5 Å². The van der Waals surface area contributed by atoms with Gasteiger partial charge in [0.05, 0.1) is 25.3 Å². The lowest BCUT2D eigenvalue weighted by Gasteiger charge is -2.35. The van der Waals surface area contributed by atoms with Crippen LogP contribution in [0.25, 0.3) is 0 Å². The number of piperidine rings is 1. The Morgan fingerprint density at radius 3 is 2.44 bits per heavy atom. The average Bonchev–Trinajstić information content (AvgIpc) is 2.72. The highest BCUT2D eigenvalue weighted by atomic mass is 16.6. The highest BCUT2D eigenvalue weighted by Gasteiger charge is 2.32. The van der Waals surface area contributed by atoms with Gasteiger partial charge in [0.25, 0.3) is 0 Å². The molecule has 6 heteroatoms. The minimum atomic E-state index is -0.688. The first-order chi connectivity index (χ1) is 13.1. The fraction of sp³-hybridized carbons (Fsp3) is 0.333. The SMILES string of the molecule is COC(=O)c1ccc(C2CCN(C(=O)OCc3ccccc3)CC2O)cc1. The number of rotatable bonds is 4. The maximum Gasteiger partial charge on any atom is 0.410 e. The van der Waals surface area contributed by atoms with Gasteiger partial charge in [0.15, 0.2) is 0 Å². The van der Waals surface area contributed by atoms with E-state index < -0.39 is 18.2 Å². The van der Waals surface area contributed by atoms with Crippen molar-refractivity contribution in [2.45, 2.75) is 25.0 Å². The summed E-state index contributed by atoms with van der Waals surface area (Å²) < 4.78 is 10.0. The molecule has 1 fully saturated rings. The molecule has 2 unspecified atom stereocenters. The molecule has 0 spiro atoms. The summed E-state index contributed by atoms with van der Waals surface area (Å²) in [7, 11) is 1.34. The van der Waals surface area contributed by atoms with Crippen LogP contribution in [0.4, 0.5) is 4.79 Å². The van der Waals surface area contributed by atoms with Crippen LogP contribution in [0.15, 0.2) is 54.6 Å². The van der Waals surface area contributed by atoms with E-state index >= 15 is 0 Å². The number of nitrogens with zero attached hydrogens (tertiary/aromatic N) is 1. The quantitative estimate of drug-likeness (QED) is 0.839. The molecule has 6 nitrogen and oxygen atoms in total. The molecule has 1 saturated heterocycles. The molecular formula is C21H23NO5. The summed E-state index contributed by atoms with van der Waals surface area (Å²) in [6.45, 7) is 0.940. The van der Waals surface area contributed by atoms with Crippen LogP contribution < -0.4 is 0 Å². The van der Waals surface area contributed by atoms with Gasteiger partial charge < -0.3 is 19.5 Å². The van der Waals surface area contributed by atoms with Gasteiger partial charge in [-0.15, -0.1) is 0 Å². The predicted molar refractivity (Wildman–Crippen MR) is 99.3 cm³/mol. The first-order valence-corrected chi connectivity index (χ1v) is 8.90. The third-order valence-electron chi connectivity index (χ3n) is 4.81. The zero-order valence-corrected chi connectivity index (χ0v) is 15.2. The summed E-state index contributed by atoms with van der Waals surface area (Å²) in [5, 5.41) is 10.5. The lowest BCUT2D eigenvalue weighted by molar-refractivity contribution is 0.0344. The number of hydrogen-bond donors (Lipinski definition) is 1. The van der Waals surface area contributed by atoms with E-state index in [1.165, 1.54) is 12.0 Å². The topological polar surface area (TPSA) is 76.1 Å². The number of methoxy groups -OCH3 is 1. The molecule has 1 aliphatic heterocycles. The Balaban J connectivity index is 1.55. The molecule has 1 N–H and O–H groups in total. The minimum Gasteiger partial charge on any atom is -0.465 e. The minimum absolute atomic E-state index is 0.0881. The smallest absolute Gasteiger partial charge is 0.410 e. The van der Waals surface area contributed by atoms with Crippen LogP contribution in [0.5, 0.6) is 0 Å². The number of amides is 1. The Labute approximate surface area is 158 Å². The van der Waals surface area contributed by atoms with Crippen molar-refractivity contribution in [2.75, 3.05) is 20.2 Å². The van der Waals surface area contributed by atoms with Gasteiger partial charge in [-0.2, -0.15) is 0 Å². The Hall–Kier alpha value is -2.86. The van der Waals surface area contributed by atoms with Crippen LogP contribution in [0.3, 0.4) is 0 Å². The number of likely N-dealkylation sites (tertiary alicyclic amines) is 1. The van der Waals surface area contributed by atoms with Gasteiger partial charge in [0.2, 0.25) is 0 Å². The second-order valence-electron chi connectivity index (χ2n) is 6.56. The molecule has 0 saturated carbocycles. The van der Waals surface area contributed by atoms with E-state index in [9.17, 15) is 14.7 Å². The van der Waals surface area contributed by atoms with Gasteiger partial charge in [-0.05, 0) is 29.7 Å². The van der Waals surface area contributed by atoms with Crippen LogP contribution in [0, 0.1) is 0 Å². The number of aliphatic hydroxyl groups excluding tert-OH is 1. The van der Waals surface area contributed by atoms with Crippen molar-refractivity contribution in [3.05, 3.63) is 71.3 Å². The maximum absolute atomic E-state index is 12.3. The molecule has 2 atom stereocenters. The van der Waals surface area contributed by atoms with Crippen molar-refractivity contribution < 1.29 is 24.2 Å². The van der Waals surface area contributed by atoms with Gasteiger partial charge in [0.1, 0.15) is 6.61 Å². The molecule has 0 aromatic heterocycles. The standard InChI is InChI=1S/C21H23NO5/c1-26-20(24)17-9-7-16(8-10-17)18-11-12-22(13-19(18)23)21(25)27-14-15-5-3-2-4-6-15/h2-10,18-19,23H,11-14H2,1H3. The fourth-order valence-corrected chi connectivity index (χ4v) is 3.28. The molecule has 0 bridgehead atoms. The number of hydrogen-bond acceptors (Lipinski definition) is 5. The Bertz CT molecular complexity index is 775. The first-order valence-electron chi connectivity index (χ1n) is 8.90. The van der Waals surface area contributed by atoms with E-state index in [0.29, 0.717) is 18.5 Å². The van der Waals surface area contributed by atoms with Crippen molar-refractivity contribution in [1.29, 1.82) is 0 Å². The number of carbonyl (C=O) groups excluding carboxylic acids is 2. The highest BCUT2D eigenvalue weighted by molar-refractivity contribution is 5.89. The lowest BCUT2D eigenvalue weighted by Crippen LogP contribution is -2.45. The van der Waals surface area contributed by atoms with E-state index in [-0.39, 0.29) is 19.1 Å². The molecule has 1 heterocycles. The Morgan fingerprint density at radius 2 is 1.81 bits per heavy atom. The predicted octanol–water partition coefficient (Wildman–Crippen LogP) is 2.96. The molecule has 1 amide bonds. The molecule has 142 valence electrons. The van der Waals surface area contributed by atoms with Crippen LogP contribution >= 0.6 is 0 Å². The van der Waals surface area contributed by atoms with Crippen LogP contribution in [0.1, 0.15) is 33.8 Å². The summed E-state index contributed by atoms with van der Waals surface area (Å²) in [5.41, 5.74) is 2.33. The number of benzene rings is 2. The molecule has 3 rings (SSSR count). The fourth-order valence-electron chi connectivity index (χ4n) is 3.28. The average molecular weight is 369 g/mol. The summed E-state index contributed by atoms with van der Waals surface area (Å²) >= 11 is 0. The normalized spacial score (nSPS) is 19.4. The monoisotopic (exact) mass is 369 g/mol. The summed E-state index contributed by atoms with van der Waals surface area (Å²) in [4.78, 5) is 25.3. The molecule has 2 aromatic rings. The number of carbonyl (C=O) groups is 2. The van der Waals surface area contributed by atoms with E-state index in [2.05, 4.69) is 0 Å². The largest absolute Gasteiger partial charge is 0.465 e. The van der Waals surface area contributed by atoms with Crippen LogP contribution in [0.2, 0.25) is 0 Å². The zero-order chi connectivity index (χ0) is 19.2. The lowest BCUT2D eigenvalue weighted by atomic mass is 9.87. The van der Waals surface area contributed by atoms with Gasteiger partial charge in [-0.1, -0.05) is 42.5 Å². The number of β-amino-alcohol motifs (C(OH)–C–C–N with tert-alkyl or cyclic N) is 1. The van der Waals surface area contributed by atoms with E-state index in [4.69, 9.17) is 9.47 Å². The number of ether oxygens (including phenoxy) is 2. The van der Waals surface area contributed by atoms with Gasteiger partial charge in [-0.25, -0.2) is 9.59 Å². The Morgan fingerprint density at radius 1 is 1.11 bits per heavy atom. The van der Waals surface area contributed by atoms with Crippen molar-refractivity contribution in [3.8, 4) is 0 Å². The molecule has 1 aliphatic rings. The van der Waals surface area contributed by atoms with Gasteiger partial charge in [0, 0.05) is 12.5 Å². The maximum atomic E-state index is 12.3. The second-order valence-corrected chi connectivity index (χ2v) is 6.56. The summed E-state index contributed by atoms with van der Waals surface area (Å²) in [6.07, 6.45) is -0.483. The van der Waals surface area contributed by atoms with Crippen molar-refractivity contribution in [2.24, 2.45) is 0 Å². The van der Waals surface area contributed by atoms with E-state index in [1.54, 1.807) is 12.1 Å². The zero-order valence-electron chi connectivity index (χ0n) is 15.2. The second kappa shape index (κ2) is 8.68. The summed E-state index contributed by atoms with van der Waals surface area (Å²) in [5.74, 6) is -0.479. The summed E-state index contributed by atoms with van der Waals surface area (Å²) in [6, 6.07) is 16.5. The van der Waals surface area contributed by atoms with Crippen LogP contribution in [-0.4, -0.2) is 48.4 Å². The third kappa shape index (κ3) is 4.65.